The van der Waals surface area contributed by atoms with Gasteiger partial charge in [0.2, 0.25) is 0 Å². The molecule has 8 heteroatoms. The number of benzene rings is 2. The van der Waals surface area contributed by atoms with Crippen molar-refractivity contribution in [1.82, 2.24) is 14.9 Å². The van der Waals surface area contributed by atoms with Gasteiger partial charge in [-0.3, -0.25) is 19.0 Å². The molecule has 0 aliphatic rings. The van der Waals surface area contributed by atoms with Crippen molar-refractivity contribution in [2.45, 2.75) is 19.5 Å². The lowest BCUT2D eigenvalue weighted by atomic mass is 10.2. The number of para-hydroxylation sites is 1. The van der Waals surface area contributed by atoms with Crippen molar-refractivity contribution in [1.29, 1.82) is 0 Å². The van der Waals surface area contributed by atoms with Crippen molar-refractivity contribution < 1.29 is 18.7 Å². The van der Waals surface area contributed by atoms with Crippen LogP contribution < -0.4 is 10.9 Å². The van der Waals surface area contributed by atoms with Gasteiger partial charge in [0.15, 0.2) is 6.61 Å². The van der Waals surface area contributed by atoms with Crippen LogP contribution in [0.25, 0.3) is 10.9 Å². The summed E-state index contributed by atoms with van der Waals surface area (Å²) in [7, 11) is 0. The summed E-state index contributed by atoms with van der Waals surface area (Å²) in [6, 6.07) is 13.0. The summed E-state index contributed by atoms with van der Waals surface area (Å²) in [5.74, 6) is -1.59. The van der Waals surface area contributed by atoms with Crippen LogP contribution in [-0.2, 0) is 27.4 Å². The first kappa shape index (κ1) is 19.2. The highest BCUT2D eigenvalue weighted by molar-refractivity contribution is 5.80. The topological polar surface area (TPSA) is 90.3 Å². The third kappa shape index (κ3) is 4.79. The Morgan fingerprint density at radius 1 is 1.11 bits per heavy atom. The van der Waals surface area contributed by atoms with Crippen LogP contribution in [0.3, 0.4) is 0 Å². The molecule has 0 unspecified atom stereocenters. The first-order valence-electron chi connectivity index (χ1n) is 8.64. The van der Waals surface area contributed by atoms with Crippen LogP contribution in [0.15, 0.2) is 59.7 Å². The summed E-state index contributed by atoms with van der Waals surface area (Å²) in [6.45, 7) is -0.383. The number of halogens is 1. The quantitative estimate of drug-likeness (QED) is 0.628. The maximum atomic E-state index is 13.5. The average molecular weight is 383 g/mol. The number of esters is 1. The highest BCUT2D eigenvalue weighted by Gasteiger charge is 2.10. The smallest absolute Gasteiger partial charge is 0.308 e. The molecule has 0 aliphatic heterocycles. The number of aryl methyl sites for hydroxylation is 1. The lowest BCUT2D eigenvalue weighted by Crippen LogP contribution is -2.29. The van der Waals surface area contributed by atoms with E-state index in [2.05, 4.69) is 10.3 Å². The summed E-state index contributed by atoms with van der Waals surface area (Å²) < 4.78 is 19.7. The largest absolute Gasteiger partial charge is 0.456 e. The van der Waals surface area contributed by atoms with Crippen LogP contribution in [0.1, 0.15) is 12.0 Å². The van der Waals surface area contributed by atoms with Gasteiger partial charge in [0.05, 0.1) is 23.7 Å². The first-order chi connectivity index (χ1) is 13.5. The van der Waals surface area contributed by atoms with Gasteiger partial charge in [-0.1, -0.05) is 30.3 Å². The van der Waals surface area contributed by atoms with Crippen molar-refractivity contribution in [3.05, 3.63) is 76.6 Å². The van der Waals surface area contributed by atoms with Gasteiger partial charge in [-0.05, 0) is 18.2 Å². The van der Waals surface area contributed by atoms with Gasteiger partial charge in [0.25, 0.3) is 11.5 Å². The lowest BCUT2D eigenvalue weighted by Gasteiger charge is -2.08. The summed E-state index contributed by atoms with van der Waals surface area (Å²) in [5.41, 5.74) is 0.671. The number of amides is 1. The molecule has 1 aromatic heterocycles. The molecular formula is C20H18FN3O4. The van der Waals surface area contributed by atoms with Crippen LogP contribution in [0, 0.1) is 5.82 Å². The van der Waals surface area contributed by atoms with Gasteiger partial charge in [0, 0.05) is 18.7 Å². The average Bonchev–Trinajstić information content (AvgIpc) is 2.71. The van der Waals surface area contributed by atoms with E-state index in [4.69, 9.17) is 4.74 Å². The molecule has 1 amide bonds. The molecule has 0 aliphatic carbocycles. The molecule has 0 atom stereocenters. The second-order valence-corrected chi connectivity index (χ2v) is 6.04. The molecule has 3 aromatic rings. The minimum Gasteiger partial charge on any atom is -0.456 e. The predicted molar refractivity (Wildman–Crippen MR) is 99.8 cm³/mol. The predicted octanol–water partition coefficient (Wildman–Crippen LogP) is 1.79. The number of hydrogen-bond donors (Lipinski definition) is 1. The summed E-state index contributed by atoms with van der Waals surface area (Å²) in [5, 5.41) is 2.94. The number of ether oxygens (including phenoxy) is 1. The Morgan fingerprint density at radius 3 is 2.68 bits per heavy atom. The van der Waals surface area contributed by atoms with E-state index in [1.54, 1.807) is 42.5 Å². The lowest BCUT2D eigenvalue weighted by molar-refractivity contribution is -0.148. The number of rotatable bonds is 7. The van der Waals surface area contributed by atoms with E-state index < -0.39 is 24.3 Å². The zero-order chi connectivity index (χ0) is 19.9. The molecule has 1 N–H and O–H groups in total. The highest BCUT2D eigenvalue weighted by atomic mass is 19.1. The molecule has 144 valence electrons. The van der Waals surface area contributed by atoms with Gasteiger partial charge in [-0.15, -0.1) is 0 Å². The zero-order valence-electron chi connectivity index (χ0n) is 14.9. The van der Waals surface area contributed by atoms with Crippen LogP contribution in [0.5, 0.6) is 0 Å². The minimum absolute atomic E-state index is 0.00120. The molecule has 0 bridgehead atoms. The molecule has 3 rings (SSSR count). The van der Waals surface area contributed by atoms with Crippen molar-refractivity contribution in [2.75, 3.05) is 6.61 Å². The Balaban J connectivity index is 1.46. The Labute approximate surface area is 159 Å². The molecule has 7 nitrogen and oxygen atoms in total. The minimum atomic E-state index is -0.624. The third-order valence-electron chi connectivity index (χ3n) is 4.09. The van der Waals surface area contributed by atoms with Crippen LogP contribution in [-0.4, -0.2) is 28.0 Å². The van der Waals surface area contributed by atoms with E-state index in [9.17, 15) is 18.8 Å². The first-order valence-corrected chi connectivity index (χ1v) is 8.64. The molecule has 0 radical (unpaired) electrons. The number of nitrogens with zero attached hydrogens (tertiary/aromatic N) is 2. The SMILES string of the molecule is O=C(COC(=O)CCn1cnc2ccccc2c1=O)NCc1ccccc1F. The number of carbonyl (C=O) groups is 2. The highest BCUT2D eigenvalue weighted by Crippen LogP contribution is 2.06. The Morgan fingerprint density at radius 2 is 1.86 bits per heavy atom. The number of nitrogens with one attached hydrogen (secondary N) is 1. The number of carbonyl (C=O) groups excluding carboxylic acids is 2. The fourth-order valence-corrected chi connectivity index (χ4v) is 2.58. The maximum absolute atomic E-state index is 13.5. The Kier molecular flexibility index (Phi) is 6.11. The monoisotopic (exact) mass is 383 g/mol. The second-order valence-electron chi connectivity index (χ2n) is 6.04. The molecule has 0 saturated heterocycles. The maximum Gasteiger partial charge on any atom is 0.308 e. The molecule has 28 heavy (non-hydrogen) atoms. The normalized spacial score (nSPS) is 10.6. The van der Waals surface area contributed by atoms with E-state index in [1.165, 1.54) is 17.0 Å². The van der Waals surface area contributed by atoms with Gasteiger partial charge in [0.1, 0.15) is 5.82 Å². The van der Waals surface area contributed by atoms with E-state index in [0.29, 0.717) is 16.5 Å². The third-order valence-corrected chi connectivity index (χ3v) is 4.09. The standard InChI is InChI=1S/C20H18FN3O4/c21-16-7-3-1-5-14(16)11-22-18(25)12-28-19(26)9-10-24-13-23-17-8-4-2-6-15(17)20(24)27/h1-8,13H,9-12H2,(H,22,25). The summed E-state index contributed by atoms with van der Waals surface area (Å²) in [6.07, 6.45) is 1.29. The number of hydrogen-bond acceptors (Lipinski definition) is 5. The van der Waals surface area contributed by atoms with E-state index in [-0.39, 0.29) is 25.1 Å². The van der Waals surface area contributed by atoms with E-state index >= 15 is 0 Å². The molecule has 0 saturated carbocycles. The summed E-state index contributed by atoms with van der Waals surface area (Å²) >= 11 is 0. The molecular weight excluding hydrogens is 365 g/mol. The van der Waals surface area contributed by atoms with E-state index in [0.717, 1.165) is 0 Å². The van der Waals surface area contributed by atoms with Crippen LogP contribution in [0.4, 0.5) is 4.39 Å². The number of aromatic nitrogens is 2. The summed E-state index contributed by atoms with van der Waals surface area (Å²) in [4.78, 5) is 40.1. The van der Waals surface area contributed by atoms with Crippen LogP contribution in [0.2, 0.25) is 0 Å². The van der Waals surface area contributed by atoms with Crippen molar-refractivity contribution in [2.24, 2.45) is 0 Å². The number of fused-ring (bicyclic) bond motifs is 1. The molecule has 0 fully saturated rings. The Hall–Kier alpha value is -3.55. The van der Waals surface area contributed by atoms with E-state index in [1.807, 2.05) is 0 Å². The van der Waals surface area contributed by atoms with Gasteiger partial charge in [-0.25, -0.2) is 9.37 Å². The zero-order valence-corrected chi connectivity index (χ0v) is 14.9. The second kappa shape index (κ2) is 8.90. The van der Waals surface area contributed by atoms with Gasteiger partial charge >= 0.3 is 5.97 Å². The van der Waals surface area contributed by atoms with Crippen molar-refractivity contribution in [3.8, 4) is 0 Å². The Bertz CT molecular complexity index is 1060. The van der Waals surface area contributed by atoms with Crippen LogP contribution >= 0.6 is 0 Å². The fraction of sp³-hybridized carbons (Fsp3) is 0.200. The molecule has 0 spiro atoms. The van der Waals surface area contributed by atoms with Gasteiger partial charge in [-0.2, -0.15) is 0 Å². The fourth-order valence-electron chi connectivity index (χ4n) is 2.58. The van der Waals surface area contributed by atoms with Crippen molar-refractivity contribution in [3.63, 3.8) is 0 Å². The van der Waals surface area contributed by atoms with Crippen molar-refractivity contribution >= 4 is 22.8 Å². The molecule has 2 aromatic carbocycles. The van der Waals surface area contributed by atoms with Gasteiger partial charge < -0.3 is 10.1 Å². The molecule has 1 heterocycles.